The molecule has 0 spiro atoms. The molecule has 1 aliphatic carbocycles. The molecule has 4 rings (SSSR count). The van der Waals surface area contributed by atoms with Crippen LogP contribution in [0, 0.1) is 0 Å². The van der Waals surface area contributed by atoms with Crippen LogP contribution in [0.5, 0.6) is 11.5 Å². The predicted molar refractivity (Wildman–Crippen MR) is 149 cm³/mol. The smallest absolute Gasteiger partial charge is 0.189 e. The first-order chi connectivity index (χ1) is 17.6. The van der Waals surface area contributed by atoms with Crippen LogP contribution in [-0.2, 0) is 6.42 Å². The summed E-state index contributed by atoms with van der Waals surface area (Å²) >= 11 is 0. The minimum atomic E-state index is 0.0897. The van der Waals surface area contributed by atoms with E-state index in [1.54, 1.807) is 7.11 Å². The van der Waals surface area contributed by atoms with Crippen molar-refractivity contribution >= 4 is 17.5 Å². The highest BCUT2D eigenvalue weighted by molar-refractivity contribution is 6.16. The van der Waals surface area contributed by atoms with Gasteiger partial charge in [-0.15, -0.1) is 0 Å². The number of methoxy groups -OCH3 is 1. The van der Waals surface area contributed by atoms with Crippen LogP contribution in [0.4, 0.5) is 5.69 Å². The van der Waals surface area contributed by atoms with E-state index in [1.165, 1.54) is 51.0 Å². The average molecular weight is 491 g/mol. The van der Waals surface area contributed by atoms with Crippen molar-refractivity contribution in [3.05, 3.63) is 58.7 Å². The van der Waals surface area contributed by atoms with E-state index < -0.39 is 0 Å². The number of nitrogens with zero attached hydrogens (tertiary/aromatic N) is 2. The van der Waals surface area contributed by atoms with Crippen molar-refractivity contribution in [2.45, 2.75) is 58.8 Å². The molecule has 0 atom stereocenters. The van der Waals surface area contributed by atoms with Crippen molar-refractivity contribution in [2.75, 3.05) is 51.3 Å². The topological polar surface area (TPSA) is 42.0 Å². The molecule has 5 heteroatoms. The number of carbonyl (C=O) groups excluding carboxylic acids is 1. The Labute approximate surface area is 217 Å². The summed E-state index contributed by atoms with van der Waals surface area (Å²) in [6.45, 7) is 10.6. The first kappa shape index (κ1) is 26.3. The van der Waals surface area contributed by atoms with Gasteiger partial charge in [0.2, 0.25) is 0 Å². The lowest BCUT2D eigenvalue weighted by Crippen LogP contribution is -2.30. The quantitative estimate of drug-likeness (QED) is 0.254. The van der Waals surface area contributed by atoms with Crippen molar-refractivity contribution < 1.29 is 14.3 Å². The Morgan fingerprint density at radius 1 is 0.944 bits per heavy atom. The average Bonchev–Trinajstić information content (AvgIpc) is 3.21. The summed E-state index contributed by atoms with van der Waals surface area (Å²) in [6, 6.07) is 12.3. The molecule has 2 aromatic carbocycles. The van der Waals surface area contributed by atoms with Gasteiger partial charge in [-0.2, -0.15) is 0 Å². The monoisotopic (exact) mass is 490 g/mol. The largest absolute Gasteiger partial charge is 0.493 e. The zero-order valence-electron chi connectivity index (χ0n) is 22.4. The van der Waals surface area contributed by atoms with Crippen LogP contribution in [0.1, 0.15) is 73.9 Å². The number of benzene rings is 2. The molecule has 1 heterocycles. The predicted octanol–water partition coefficient (Wildman–Crippen LogP) is 6.40. The number of carbonyl (C=O) groups is 1. The molecule has 0 N–H and O–H groups in total. The Morgan fingerprint density at radius 2 is 1.69 bits per heavy atom. The van der Waals surface area contributed by atoms with Gasteiger partial charge in [-0.05, 0) is 107 Å². The zero-order chi connectivity index (χ0) is 25.3. The summed E-state index contributed by atoms with van der Waals surface area (Å²) in [5, 5.41) is 0. The normalized spacial score (nSPS) is 16.9. The number of likely N-dealkylation sites (tertiary alicyclic amines) is 1. The van der Waals surface area contributed by atoms with Crippen LogP contribution < -0.4 is 14.4 Å². The van der Waals surface area contributed by atoms with Crippen molar-refractivity contribution in [1.29, 1.82) is 0 Å². The SMILES string of the molecule is CCN(CC)c1ccc(/C=C2\Cc3cc(OC)c(OCCCCCN4CCCCC4)cc3C2=O)cc1. The lowest BCUT2D eigenvalue weighted by Gasteiger charge is -2.26. The minimum absolute atomic E-state index is 0.0897. The number of ketones is 1. The molecule has 0 unspecified atom stereocenters. The van der Waals surface area contributed by atoms with E-state index in [2.05, 4.69) is 47.9 Å². The Balaban J connectivity index is 1.34. The summed E-state index contributed by atoms with van der Waals surface area (Å²) in [5.41, 5.74) is 4.83. The van der Waals surface area contributed by atoms with Crippen molar-refractivity contribution in [2.24, 2.45) is 0 Å². The van der Waals surface area contributed by atoms with Gasteiger partial charge in [0, 0.05) is 36.3 Å². The number of hydrogen-bond acceptors (Lipinski definition) is 5. The lowest BCUT2D eigenvalue weighted by atomic mass is 10.1. The molecule has 1 aliphatic heterocycles. The fourth-order valence-corrected chi connectivity index (χ4v) is 5.36. The molecule has 194 valence electrons. The number of unbranched alkanes of at least 4 members (excludes halogenated alkanes) is 2. The summed E-state index contributed by atoms with van der Waals surface area (Å²) in [5.74, 6) is 1.47. The van der Waals surface area contributed by atoms with E-state index in [0.717, 1.165) is 48.2 Å². The van der Waals surface area contributed by atoms with Crippen LogP contribution in [0.15, 0.2) is 42.0 Å². The number of rotatable bonds is 12. The highest BCUT2D eigenvalue weighted by atomic mass is 16.5. The molecule has 0 saturated carbocycles. The molecule has 2 aromatic rings. The molecule has 0 aromatic heterocycles. The third-order valence-corrected chi connectivity index (χ3v) is 7.49. The van der Waals surface area contributed by atoms with Gasteiger partial charge in [0.1, 0.15) is 0 Å². The highest BCUT2D eigenvalue weighted by Gasteiger charge is 2.27. The van der Waals surface area contributed by atoms with Gasteiger partial charge < -0.3 is 19.3 Å². The van der Waals surface area contributed by atoms with E-state index >= 15 is 0 Å². The van der Waals surface area contributed by atoms with E-state index in [1.807, 2.05) is 18.2 Å². The number of anilines is 1. The van der Waals surface area contributed by atoms with Crippen LogP contribution >= 0.6 is 0 Å². The molecule has 36 heavy (non-hydrogen) atoms. The molecule has 5 nitrogen and oxygen atoms in total. The Morgan fingerprint density at radius 3 is 2.39 bits per heavy atom. The van der Waals surface area contributed by atoms with Crippen molar-refractivity contribution in [3.63, 3.8) is 0 Å². The first-order valence-electron chi connectivity index (χ1n) is 13.8. The van der Waals surface area contributed by atoms with Crippen molar-refractivity contribution in [1.82, 2.24) is 4.90 Å². The highest BCUT2D eigenvalue weighted by Crippen LogP contribution is 2.37. The molecule has 2 aliphatic rings. The van der Waals surface area contributed by atoms with E-state index in [9.17, 15) is 4.79 Å². The van der Waals surface area contributed by atoms with Gasteiger partial charge in [0.25, 0.3) is 0 Å². The number of Topliss-reactive ketones (excluding diaryl/α,β-unsaturated/α-hetero) is 1. The summed E-state index contributed by atoms with van der Waals surface area (Å²) in [6.07, 6.45) is 10.1. The second kappa shape index (κ2) is 13.0. The van der Waals surface area contributed by atoms with Crippen LogP contribution in [0.3, 0.4) is 0 Å². The maximum Gasteiger partial charge on any atom is 0.189 e. The van der Waals surface area contributed by atoms with Gasteiger partial charge in [-0.25, -0.2) is 0 Å². The molecule has 0 bridgehead atoms. The zero-order valence-corrected chi connectivity index (χ0v) is 22.4. The maximum absolute atomic E-state index is 13.2. The maximum atomic E-state index is 13.2. The number of piperidine rings is 1. The molecular weight excluding hydrogens is 448 g/mol. The van der Waals surface area contributed by atoms with Gasteiger partial charge in [-0.1, -0.05) is 18.6 Å². The lowest BCUT2D eigenvalue weighted by molar-refractivity contribution is 0.104. The number of hydrogen-bond donors (Lipinski definition) is 0. The number of fused-ring (bicyclic) bond motifs is 1. The van der Waals surface area contributed by atoms with Gasteiger partial charge in [0.15, 0.2) is 17.3 Å². The van der Waals surface area contributed by atoms with E-state index in [0.29, 0.717) is 24.5 Å². The van der Waals surface area contributed by atoms with E-state index in [4.69, 9.17) is 9.47 Å². The van der Waals surface area contributed by atoms with Crippen LogP contribution in [0.2, 0.25) is 0 Å². The number of allylic oxidation sites excluding steroid dienone is 1. The molecule has 0 amide bonds. The van der Waals surface area contributed by atoms with Gasteiger partial charge in [0.05, 0.1) is 13.7 Å². The van der Waals surface area contributed by atoms with Gasteiger partial charge in [-0.3, -0.25) is 4.79 Å². The molecular formula is C31H42N2O3. The summed E-state index contributed by atoms with van der Waals surface area (Å²) in [4.78, 5) is 18.1. The second-order valence-corrected chi connectivity index (χ2v) is 9.91. The summed E-state index contributed by atoms with van der Waals surface area (Å²) < 4.78 is 11.7. The van der Waals surface area contributed by atoms with Crippen molar-refractivity contribution in [3.8, 4) is 11.5 Å². The van der Waals surface area contributed by atoms with E-state index in [-0.39, 0.29) is 5.78 Å². The standard InChI is InChI=1S/C31H42N2O3/c1-4-33(5-2)27-14-12-24(13-15-27)20-26-21-25-22-29(35-3)30(23-28(25)31(26)34)36-19-11-7-10-18-32-16-8-6-9-17-32/h12-15,20,22-23H,4-11,16-19,21H2,1-3H3/b26-20+. The second-order valence-electron chi connectivity index (χ2n) is 9.91. The Bertz CT molecular complexity index is 1030. The fraction of sp³-hybridized carbons (Fsp3) is 0.516. The molecule has 1 fully saturated rings. The Kier molecular flexibility index (Phi) is 9.46. The fourth-order valence-electron chi connectivity index (χ4n) is 5.36. The Hall–Kier alpha value is -2.79. The van der Waals surface area contributed by atoms with Crippen LogP contribution in [0.25, 0.3) is 6.08 Å². The first-order valence-corrected chi connectivity index (χ1v) is 13.8. The third-order valence-electron chi connectivity index (χ3n) is 7.49. The third kappa shape index (κ3) is 6.50. The minimum Gasteiger partial charge on any atom is -0.493 e. The van der Waals surface area contributed by atoms with Crippen LogP contribution in [-0.4, -0.2) is 57.1 Å². The van der Waals surface area contributed by atoms with Gasteiger partial charge >= 0.3 is 0 Å². The molecule has 0 radical (unpaired) electrons. The summed E-state index contributed by atoms with van der Waals surface area (Å²) in [7, 11) is 1.66. The number of ether oxygens (including phenoxy) is 2. The molecule has 1 saturated heterocycles.